The number of nitro groups is 2. The predicted octanol–water partition coefficient (Wildman–Crippen LogP) is -0.657. The second-order valence-electron chi connectivity index (χ2n) is 3.84. The predicted molar refractivity (Wildman–Crippen MR) is 74.7 cm³/mol. The SMILES string of the molecule is CC(=O)Nc1n[nH]c([N+](=O)[O-])n1.CC(=O)Nc1n[nH]c([N+](=O)[O-])n1. The zero-order valence-electron chi connectivity index (χ0n) is 12.1. The Morgan fingerprint density at radius 2 is 1.21 bits per heavy atom. The highest BCUT2D eigenvalue weighted by atomic mass is 16.6. The third-order valence-electron chi connectivity index (χ3n) is 1.87. The van der Waals surface area contributed by atoms with E-state index in [1.807, 2.05) is 10.2 Å². The summed E-state index contributed by atoms with van der Waals surface area (Å²) in [6, 6.07) is 0. The molecule has 2 aromatic heterocycles. The first-order valence-corrected chi connectivity index (χ1v) is 5.87. The van der Waals surface area contributed by atoms with Gasteiger partial charge in [-0.1, -0.05) is 10.2 Å². The minimum Gasteiger partial charge on any atom is -0.390 e. The maximum absolute atomic E-state index is 10.4. The molecule has 0 spiro atoms. The molecule has 16 nitrogen and oxygen atoms in total. The van der Waals surface area contributed by atoms with E-state index in [1.165, 1.54) is 13.8 Å². The van der Waals surface area contributed by atoms with Crippen molar-refractivity contribution in [2.24, 2.45) is 0 Å². The molecule has 16 heteroatoms. The van der Waals surface area contributed by atoms with Gasteiger partial charge in [-0.2, -0.15) is 0 Å². The van der Waals surface area contributed by atoms with Gasteiger partial charge in [0.1, 0.15) is 0 Å². The summed E-state index contributed by atoms with van der Waals surface area (Å²) in [6.07, 6.45) is 0. The Labute approximate surface area is 131 Å². The van der Waals surface area contributed by atoms with Crippen LogP contribution in [-0.2, 0) is 9.59 Å². The average Bonchev–Trinajstić information content (AvgIpc) is 3.07. The molecule has 0 aliphatic rings. The lowest BCUT2D eigenvalue weighted by Crippen LogP contribution is -2.07. The van der Waals surface area contributed by atoms with Crippen LogP contribution in [0.25, 0.3) is 0 Å². The Bertz CT molecular complexity index is 701. The van der Waals surface area contributed by atoms with E-state index in [4.69, 9.17) is 0 Å². The maximum atomic E-state index is 10.4. The van der Waals surface area contributed by atoms with Crippen LogP contribution in [0.3, 0.4) is 0 Å². The van der Waals surface area contributed by atoms with E-state index >= 15 is 0 Å². The monoisotopic (exact) mass is 342 g/mol. The van der Waals surface area contributed by atoms with Gasteiger partial charge in [-0.05, 0) is 19.8 Å². The van der Waals surface area contributed by atoms with Crippen LogP contribution in [0.4, 0.5) is 23.8 Å². The summed E-state index contributed by atoms with van der Waals surface area (Å²) < 4.78 is 0. The molecule has 2 amide bonds. The molecule has 0 unspecified atom stereocenters. The Balaban J connectivity index is 0.000000240. The van der Waals surface area contributed by atoms with Gasteiger partial charge in [-0.15, -0.1) is 10.2 Å². The minimum atomic E-state index is -0.738. The van der Waals surface area contributed by atoms with Gasteiger partial charge in [0, 0.05) is 13.8 Å². The van der Waals surface area contributed by atoms with E-state index in [1.54, 1.807) is 0 Å². The lowest BCUT2D eigenvalue weighted by molar-refractivity contribution is -0.394. The number of rotatable bonds is 4. The van der Waals surface area contributed by atoms with Crippen molar-refractivity contribution in [2.45, 2.75) is 13.8 Å². The molecule has 0 fully saturated rings. The highest BCUT2D eigenvalue weighted by molar-refractivity contribution is 5.87. The second-order valence-corrected chi connectivity index (χ2v) is 3.84. The molecule has 0 radical (unpaired) electrons. The molecule has 2 aromatic rings. The van der Waals surface area contributed by atoms with Crippen LogP contribution in [-0.4, -0.2) is 52.0 Å². The third kappa shape index (κ3) is 5.79. The normalized spacial score (nSPS) is 9.42. The van der Waals surface area contributed by atoms with Gasteiger partial charge in [0.25, 0.3) is 0 Å². The molecule has 2 heterocycles. The third-order valence-corrected chi connectivity index (χ3v) is 1.87. The van der Waals surface area contributed by atoms with Crippen molar-refractivity contribution in [1.29, 1.82) is 0 Å². The number of nitrogens with zero attached hydrogens (tertiary/aromatic N) is 6. The van der Waals surface area contributed by atoms with Crippen LogP contribution < -0.4 is 10.6 Å². The van der Waals surface area contributed by atoms with E-state index in [2.05, 4.69) is 30.8 Å². The Morgan fingerprint density at radius 1 is 0.875 bits per heavy atom. The lowest BCUT2D eigenvalue weighted by Gasteiger charge is -1.86. The molecular weight excluding hydrogens is 332 g/mol. The van der Waals surface area contributed by atoms with Gasteiger partial charge in [0.15, 0.2) is 0 Å². The molecule has 128 valence electrons. The fourth-order valence-electron chi connectivity index (χ4n) is 1.10. The van der Waals surface area contributed by atoms with Gasteiger partial charge in [0.2, 0.25) is 11.8 Å². The molecule has 4 N–H and O–H groups in total. The van der Waals surface area contributed by atoms with Gasteiger partial charge < -0.3 is 20.2 Å². The van der Waals surface area contributed by atoms with E-state index in [-0.39, 0.29) is 23.7 Å². The lowest BCUT2D eigenvalue weighted by atomic mass is 10.7. The number of hydrogen-bond donors (Lipinski definition) is 4. The number of aromatic amines is 2. The fraction of sp³-hybridized carbons (Fsp3) is 0.250. The number of aromatic nitrogens is 6. The van der Waals surface area contributed by atoms with Crippen molar-refractivity contribution in [3.63, 3.8) is 0 Å². The van der Waals surface area contributed by atoms with Crippen LogP contribution in [0.15, 0.2) is 0 Å². The topological polar surface area (TPSA) is 228 Å². The molecule has 0 atom stereocenters. The number of amides is 2. The molecule has 0 aliphatic carbocycles. The Kier molecular flexibility index (Phi) is 5.92. The summed E-state index contributed by atoms with van der Waals surface area (Å²) in [6.45, 7) is 2.50. The fourth-order valence-corrected chi connectivity index (χ4v) is 1.10. The summed E-state index contributed by atoms with van der Waals surface area (Å²) in [4.78, 5) is 46.2. The number of carbonyl (C=O) groups excluding carboxylic acids is 2. The van der Waals surface area contributed by atoms with Crippen LogP contribution in [0.1, 0.15) is 13.8 Å². The zero-order valence-corrected chi connectivity index (χ0v) is 12.1. The quantitative estimate of drug-likeness (QED) is 0.404. The summed E-state index contributed by atoms with van der Waals surface area (Å²) >= 11 is 0. The van der Waals surface area contributed by atoms with E-state index < -0.39 is 21.7 Å². The summed E-state index contributed by atoms with van der Waals surface area (Å²) in [5.74, 6) is -1.98. The molecule has 0 aromatic carbocycles. The van der Waals surface area contributed by atoms with Crippen LogP contribution >= 0.6 is 0 Å². The van der Waals surface area contributed by atoms with Crippen molar-refractivity contribution in [1.82, 2.24) is 30.4 Å². The van der Waals surface area contributed by atoms with Gasteiger partial charge in [0.05, 0.1) is 0 Å². The minimum absolute atomic E-state index is 0.103. The smallest absolute Gasteiger partial charge is 0.390 e. The molecular formula is C8H10N10O6. The van der Waals surface area contributed by atoms with Crippen LogP contribution in [0, 0.1) is 20.2 Å². The van der Waals surface area contributed by atoms with Gasteiger partial charge >= 0.3 is 23.8 Å². The highest BCUT2D eigenvalue weighted by Crippen LogP contribution is 2.05. The largest absolute Gasteiger partial charge is 0.455 e. The van der Waals surface area contributed by atoms with Crippen LogP contribution in [0.5, 0.6) is 0 Å². The van der Waals surface area contributed by atoms with Crippen LogP contribution in [0.2, 0.25) is 0 Å². The van der Waals surface area contributed by atoms with Crippen molar-refractivity contribution in [3.8, 4) is 0 Å². The van der Waals surface area contributed by atoms with Crippen molar-refractivity contribution in [3.05, 3.63) is 20.2 Å². The molecule has 2 rings (SSSR count). The zero-order chi connectivity index (χ0) is 18.3. The average molecular weight is 342 g/mol. The van der Waals surface area contributed by atoms with Crippen molar-refractivity contribution < 1.29 is 19.4 Å². The molecule has 0 saturated carbocycles. The van der Waals surface area contributed by atoms with Crippen molar-refractivity contribution in [2.75, 3.05) is 10.6 Å². The number of nitrogens with one attached hydrogen (secondary N) is 4. The Morgan fingerprint density at radius 3 is 1.42 bits per heavy atom. The summed E-state index contributed by atoms with van der Waals surface area (Å²) in [5, 5.41) is 35.3. The number of hydrogen-bond acceptors (Lipinski definition) is 10. The summed E-state index contributed by atoms with van der Waals surface area (Å²) in [7, 11) is 0. The molecule has 0 saturated heterocycles. The molecule has 24 heavy (non-hydrogen) atoms. The number of carbonyl (C=O) groups is 2. The Hall–Kier alpha value is -3.98. The first-order valence-electron chi connectivity index (χ1n) is 5.87. The highest BCUT2D eigenvalue weighted by Gasteiger charge is 2.14. The second kappa shape index (κ2) is 7.87. The van der Waals surface area contributed by atoms with Gasteiger partial charge in [-0.25, -0.2) is 0 Å². The summed E-state index contributed by atoms with van der Waals surface area (Å²) in [5.41, 5.74) is 0. The number of H-pyrrole nitrogens is 2. The number of anilines is 2. The maximum Gasteiger partial charge on any atom is 0.455 e. The standard InChI is InChI=1S/2C4H5N5O3/c2*1-2(10)5-3-6-4(8-7-3)9(11)12/h2*1H3,(H2,5,6,7,8,10). The van der Waals surface area contributed by atoms with E-state index in [0.29, 0.717) is 0 Å². The van der Waals surface area contributed by atoms with E-state index in [0.717, 1.165) is 0 Å². The molecule has 0 aliphatic heterocycles. The molecule has 0 bridgehead atoms. The van der Waals surface area contributed by atoms with Crippen molar-refractivity contribution >= 4 is 35.6 Å². The first kappa shape index (κ1) is 18.1. The van der Waals surface area contributed by atoms with Gasteiger partial charge in [-0.3, -0.25) is 20.2 Å². The first-order chi connectivity index (χ1) is 11.2. The van der Waals surface area contributed by atoms with E-state index in [9.17, 15) is 29.8 Å².